The number of fused-ring (bicyclic) bond motifs is 1. The van der Waals surface area contributed by atoms with Crippen LogP contribution in [0.1, 0.15) is 56.9 Å². The standard InChI is InChI=1S/C36H51N3O11/c1-43-19-8-17-38-18-22-44-32-16-11-27(23-31(32)38)26-46-33-24-37-25-34(50-36(40)45-20-6-3-7-21-47-39(41)42)35(33)49-30-14-12-29(13-15-30)48-28-9-4-2-5-10-28/h2,4-5,9-11,16,23,29-30,33-35,37H,3,6-8,12-15,17-22,24-26H2,1H3. The van der Waals surface area contributed by atoms with Crippen molar-refractivity contribution in [3.05, 3.63) is 64.2 Å². The minimum absolute atomic E-state index is 0.0117. The van der Waals surface area contributed by atoms with E-state index in [0.29, 0.717) is 52.2 Å². The average molecular weight is 702 g/mol. The lowest BCUT2D eigenvalue weighted by atomic mass is 9.94. The summed E-state index contributed by atoms with van der Waals surface area (Å²) in [6, 6.07) is 16.0. The largest absolute Gasteiger partial charge is 0.508 e. The van der Waals surface area contributed by atoms with Crippen LogP contribution in [-0.4, -0.2) is 101 Å². The summed E-state index contributed by atoms with van der Waals surface area (Å²) < 4.78 is 41.8. The number of hydrogen-bond donors (Lipinski definition) is 1. The Kier molecular flexibility index (Phi) is 15.0. The Balaban J connectivity index is 1.18. The average Bonchev–Trinajstić information content (AvgIpc) is 3.12. The minimum atomic E-state index is -0.813. The third kappa shape index (κ3) is 11.9. The van der Waals surface area contributed by atoms with Gasteiger partial charge in [-0.1, -0.05) is 24.3 Å². The lowest BCUT2D eigenvalue weighted by molar-refractivity contribution is -0.757. The van der Waals surface area contributed by atoms with E-state index in [9.17, 15) is 14.9 Å². The van der Waals surface area contributed by atoms with Gasteiger partial charge in [0.1, 0.15) is 36.4 Å². The lowest BCUT2D eigenvalue weighted by Gasteiger charge is -2.40. The summed E-state index contributed by atoms with van der Waals surface area (Å²) in [4.78, 5) is 29.7. The first-order valence-electron chi connectivity index (χ1n) is 17.8. The van der Waals surface area contributed by atoms with E-state index >= 15 is 0 Å². The van der Waals surface area contributed by atoms with Gasteiger partial charge in [-0.15, -0.1) is 10.1 Å². The highest BCUT2D eigenvalue weighted by Gasteiger charge is 2.40. The molecule has 0 bridgehead atoms. The van der Waals surface area contributed by atoms with Gasteiger partial charge in [-0.3, -0.25) is 0 Å². The van der Waals surface area contributed by atoms with Crippen molar-refractivity contribution in [2.24, 2.45) is 0 Å². The zero-order valence-electron chi connectivity index (χ0n) is 28.9. The number of carbonyl (C=O) groups is 1. The number of piperidine rings is 1. The number of benzene rings is 2. The van der Waals surface area contributed by atoms with Crippen LogP contribution in [0.3, 0.4) is 0 Å². The summed E-state index contributed by atoms with van der Waals surface area (Å²) in [5.74, 6) is 1.73. The number of ether oxygens (including phenoxy) is 7. The molecule has 2 fully saturated rings. The van der Waals surface area contributed by atoms with Crippen molar-refractivity contribution in [1.82, 2.24) is 5.32 Å². The van der Waals surface area contributed by atoms with Crippen LogP contribution in [0.2, 0.25) is 0 Å². The fraction of sp³-hybridized carbons (Fsp3) is 0.639. The zero-order valence-corrected chi connectivity index (χ0v) is 28.9. The summed E-state index contributed by atoms with van der Waals surface area (Å²) in [7, 11) is 1.72. The van der Waals surface area contributed by atoms with Crippen molar-refractivity contribution in [2.75, 3.05) is 64.6 Å². The predicted octanol–water partition coefficient (Wildman–Crippen LogP) is 5.09. The molecule has 1 aliphatic carbocycles. The molecule has 50 heavy (non-hydrogen) atoms. The SMILES string of the molecule is COCCCN1CCOc2ccc(COC3CNCC(OC(=O)OCCCCCO[N+](=O)[O-])C3OC3CCC(Oc4ccccc4)CC3)cc21. The number of carbonyl (C=O) groups excluding carboxylic acids is 1. The van der Waals surface area contributed by atoms with Gasteiger partial charge >= 0.3 is 6.16 Å². The molecule has 0 spiro atoms. The van der Waals surface area contributed by atoms with Crippen LogP contribution in [0.15, 0.2) is 48.5 Å². The Morgan fingerprint density at radius 2 is 1.74 bits per heavy atom. The van der Waals surface area contributed by atoms with E-state index in [1.54, 1.807) is 7.11 Å². The van der Waals surface area contributed by atoms with E-state index in [1.165, 1.54) is 0 Å². The predicted molar refractivity (Wildman–Crippen MR) is 183 cm³/mol. The van der Waals surface area contributed by atoms with Crippen LogP contribution in [0, 0.1) is 10.1 Å². The molecule has 0 amide bonds. The first-order chi connectivity index (χ1) is 24.5. The summed E-state index contributed by atoms with van der Waals surface area (Å²) in [6.45, 7) is 4.47. The van der Waals surface area contributed by atoms with E-state index in [2.05, 4.69) is 21.1 Å². The number of nitrogens with one attached hydrogen (secondary N) is 1. The van der Waals surface area contributed by atoms with Gasteiger partial charge in [0.2, 0.25) is 0 Å². The van der Waals surface area contributed by atoms with Crippen molar-refractivity contribution in [3.8, 4) is 11.5 Å². The van der Waals surface area contributed by atoms with Crippen LogP contribution < -0.4 is 19.7 Å². The molecule has 276 valence electrons. The number of methoxy groups -OCH3 is 1. The molecule has 14 heteroatoms. The van der Waals surface area contributed by atoms with E-state index in [4.69, 9.17) is 33.2 Å². The molecule has 0 aromatic heterocycles. The second kappa shape index (κ2) is 20.1. The third-order valence-corrected chi connectivity index (χ3v) is 9.12. The van der Waals surface area contributed by atoms with Gasteiger partial charge in [-0.05, 0) is 81.2 Å². The summed E-state index contributed by atoms with van der Waals surface area (Å²) in [5, 5.41) is 12.8. The maximum Gasteiger partial charge on any atom is 0.508 e. The Bertz CT molecular complexity index is 1310. The van der Waals surface area contributed by atoms with Gasteiger partial charge in [0.15, 0.2) is 0 Å². The molecule has 0 radical (unpaired) electrons. The van der Waals surface area contributed by atoms with Crippen LogP contribution in [0.5, 0.6) is 11.5 Å². The fourth-order valence-corrected chi connectivity index (χ4v) is 6.55. The molecule has 1 saturated heterocycles. The second-order valence-electron chi connectivity index (χ2n) is 12.8. The zero-order chi connectivity index (χ0) is 35.0. The fourth-order valence-electron chi connectivity index (χ4n) is 6.55. The molecular formula is C36H51N3O11. The topological polar surface area (TPSA) is 149 Å². The maximum absolute atomic E-state index is 12.8. The Hall–Kier alpha value is -3.85. The van der Waals surface area contributed by atoms with E-state index in [-0.39, 0.29) is 31.5 Å². The Morgan fingerprint density at radius 3 is 2.54 bits per heavy atom. The number of unbranched alkanes of at least 4 members (excludes halogenated alkanes) is 2. The van der Waals surface area contributed by atoms with Crippen molar-refractivity contribution in [1.29, 1.82) is 0 Å². The molecule has 1 N–H and O–H groups in total. The highest BCUT2D eigenvalue weighted by atomic mass is 16.9. The van der Waals surface area contributed by atoms with Crippen molar-refractivity contribution >= 4 is 11.8 Å². The molecule has 3 atom stereocenters. The molecule has 1 saturated carbocycles. The quantitative estimate of drug-likeness (QED) is 0.0898. The highest BCUT2D eigenvalue weighted by Crippen LogP contribution is 2.34. The van der Waals surface area contributed by atoms with E-state index in [0.717, 1.165) is 67.9 Å². The molecule has 2 aliphatic heterocycles. The molecule has 2 heterocycles. The van der Waals surface area contributed by atoms with Crippen molar-refractivity contribution < 1.29 is 47.9 Å². The molecular weight excluding hydrogens is 650 g/mol. The van der Waals surface area contributed by atoms with Gasteiger partial charge < -0.3 is 48.2 Å². The molecule has 14 nitrogen and oxygen atoms in total. The molecule has 5 rings (SSSR count). The maximum atomic E-state index is 12.8. The molecule has 2 aromatic rings. The first kappa shape index (κ1) is 37.4. The highest BCUT2D eigenvalue weighted by molar-refractivity contribution is 5.61. The first-order valence-corrected chi connectivity index (χ1v) is 17.8. The summed E-state index contributed by atoms with van der Waals surface area (Å²) >= 11 is 0. The van der Waals surface area contributed by atoms with E-state index < -0.39 is 23.4 Å². The molecule has 3 aliphatic rings. The van der Waals surface area contributed by atoms with Crippen LogP contribution in [-0.2, 0) is 35.1 Å². The number of rotatable bonds is 19. The van der Waals surface area contributed by atoms with Crippen LogP contribution >= 0.6 is 0 Å². The number of hydrogen-bond acceptors (Lipinski definition) is 13. The lowest BCUT2D eigenvalue weighted by Crippen LogP contribution is -2.58. The van der Waals surface area contributed by atoms with Gasteiger partial charge in [-0.25, -0.2) is 4.79 Å². The van der Waals surface area contributed by atoms with Crippen molar-refractivity contribution in [2.45, 2.75) is 88.5 Å². The van der Waals surface area contributed by atoms with E-state index in [1.807, 2.05) is 42.5 Å². The van der Waals surface area contributed by atoms with Gasteiger partial charge in [0.05, 0.1) is 44.3 Å². The number of para-hydroxylation sites is 1. The molecule has 3 unspecified atom stereocenters. The van der Waals surface area contributed by atoms with Crippen LogP contribution in [0.4, 0.5) is 10.5 Å². The normalized spacial score (nSPS) is 23.3. The third-order valence-electron chi connectivity index (χ3n) is 9.12. The molecule has 2 aromatic carbocycles. The van der Waals surface area contributed by atoms with Gasteiger partial charge in [0, 0.05) is 33.4 Å². The number of anilines is 1. The summed E-state index contributed by atoms with van der Waals surface area (Å²) in [5.41, 5.74) is 2.06. The minimum Gasteiger partial charge on any atom is -0.490 e. The second-order valence-corrected chi connectivity index (χ2v) is 12.8. The Morgan fingerprint density at radius 1 is 0.960 bits per heavy atom. The monoisotopic (exact) mass is 701 g/mol. The Labute approximate surface area is 293 Å². The van der Waals surface area contributed by atoms with Gasteiger partial charge in [-0.2, -0.15) is 0 Å². The smallest absolute Gasteiger partial charge is 0.490 e. The van der Waals surface area contributed by atoms with Gasteiger partial charge in [0.25, 0.3) is 5.09 Å². The van der Waals surface area contributed by atoms with Crippen molar-refractivity contribution in [3.63, 3.8) is 0 Å². The summed E-state index contributed by atoms with van der Waals surface area (Å²) in [6.07, 6.45) is 3.69. The number of nitrogens with zero attached hydrogens (tertiary/aromatic N) is 2. The van der Waals surface area contributed by atoms with Crippen LogP contribution in [0.25, 0.3) is 0 Å².